The molecule has 142 valence electrons. The second kappa shape index (κ2) is 8.02. The quantitative estimate of drug-likeness (QED) is 0.578. The molecule has 1 amide bonds. The first-order chi connectivity index (χ1) is 13.1. The maximum absolute atomic E-state index is 12.4. The van der Waals surface area contributed by atoms with Gasteiger partial charge in [0.05, 0.1) is 5.56 Å². The van der Waals surface area contributed by atoms with Gasteiger partial charge in [0.15, 0.2) is 5.58 Å². The van der Waals surface area contributed by atoms with Crippen LogP contribution in [0.5, 0.6) is 0 Å². The molecule has 0 saturated heterocycles. The van der Waals surface area contributed by atoms with E-state index in [9.17, 15) is 4.79 Å². The predicted octanol–water partition coefficient (Wildman–Crippen LogP) is 4.19. The van der Waals surface area contributed by atoms with E-state index in [1.165, 1.54) is 5.56 Å². The summed E-state index contributed by atoms with van der Waals surface area (Å²) in [6, 6.07) is 15.3. The van der Waals surface area contributed by atoms with Crippen LogP contribution in [0.3, 0.4) is 0 Å². The normalized spacial score (nSPS) is 10.5. The molecule has 0 atom stereocenters. The van der Waals surface area contributed by atoms with Crippen LogP contribution in [0, 0.1) is 6.92 Å². The number of aryl methyl sites for hydroxylation is 2. The van der Waals surface area contributed by atoms with Gasteiger partial charge < -0.3 is 15.2 Å². The molecule has 2 aromatic heterocycles. The van der Waals surface area contributed by atoms with Gasteiger partial charge in [-0.15, -0.1) is 0 Å². The third-order valence-electron chi connectivity index (χ3n) is 4.52. The molecule has 4 rings (SSSR count). The van der Waals surface area contributed by atoms with E-state index >= 15 is 0 Å². The molecule has 0 unspecified atom stereocenters. The molecule has 0 fully saturated rings. The summed E-state index contributed by atoms with van der Waals surface area (Å²) < 4.78 is 5.90. The number of aromatic nitrogens is 2. The summed E-state index contributed by atoms with van der Waals surface area (Å²) in [5.74, 6) is 0.337. The minimum Gasteiger partial charge on any atom is -0.436 e. The van der Waals surface area contributed by atoms with Gasteiger partial charge in [-0.3, -0.25) is 9.78 Å². The SMILES string of the molecule is CCc1ccc2oc(-c3ccc(C)c(NC(=O)c4cccnc4)c3)nc2c1.O. The van der Waals surface area contributed by atoms with Gasteiger partial charge >= 0.3 is 0 Å². The Hall–Kier alpha value is -3.51. The lowest BCUT2D eigenvalue weighted by molar-refractivity contribution is 0.102. The Morgan fingerprint density at radius 2 is 2.00 bits per heavy atom. The van der Waals surface area contributed by atoms with Crippen LogP contribution in [0.25, 0.3) is 22.6 Å². The van der Waals surface area contributed by atoms with E-state index in [4.69, 9.17) is 4.42 Å². The number of hydrogen-bond donors (Lipinski definition) is 1. The van der Waals surface area contributed by atoms with Gasteiger partial charge in [0.2, 0.25) is 5.89 Å². The van der Waals surface area contributed by atoms with Crippen molar-refractivity contribution in [2.45, 2.75) is 20.3 Å². The lowest BCUT2D eigenvalue weighted by atomic mass is 10.1. The zero-order valence-electron chi connectivity index (χ0n) is 15.7. The van der Waals surface area contributed by atoms with Crippen molar-refractivity contribution in [2.24, 2.45) is 0 Å². The number of rotatable bonds is 4. The average molecular weight is 375 g/mol. The molecule has 0 radical (unpaired) electrons. The fraction of sp³-hybridized carbons (Fsp3) is 0.136. The minimum absolute atomic E-state index is 0. The van der Waals surface area contributed by atoms with Crippen LogP contribution in [0.2, 0.25) is 0 Å². The van der Waals surface area contributed by atoms with Gasteiger partial charge in [0, 0.05) is 23.6 Å². The fourth-order valence-corrected chi connectivity index (χ4v) is 2.90. The van der Waals surface area contributed by atoms with E-state index < -0.39 is 0 Å². The number of nitrogens with one attached hydrogen (secondary N) is 1. The van der Waals surface area contributed by atoms with Crippen LogP contribution in [-0.4, -0.2) is 21.4 Å². The Kier molecular flexibility index (Phi) is 5.52. The van der Waals surface area contributed by atoms with Gasteiger partial charge in [0.1, 0.15) is 5.52 Å². The molecule has 2 aromatic carbocycles. The first-order valence-electron chi connectivity index (χ1n) is 8.86. The van der Waals surface area contributed by atoms with Gasteiger partial charge in [0.25, 0.3) is 5.91 Å². The van der Waals surface area contributed by atoms with E-state index in [2.05, 4.69) is 22.2 Å². The summed E-state index contributed by atoms with van der Waals surface area (Å²) in [6.07, 6.45) is 4.13. The van der Waals surface area contributed by atoms with Crippen LogP contribution in [0.4, 0.5) is 5.69 Å². The summed E-state index contributed by atoms with van der Waals surface area (Å²) in [4.78, 5) is 21.0. The predicted molar refractivity (Wildman–Crippen MR) is 109 cm³/mol. The summed E-state index contributed by atoms with van der Waals surface area (Å²) in [7, 11) is 0. The first kappa shape index (κ1) is 19.3. The third-order valence-corrected chi connectivity index (χ3v) is 4.52. The number of hydrogen-bond acceptors (Lipinski definition) is 4. The molecule has 0 spiro atoms. The number of oxazole rings is 1. The fourth-order valence-electron chi connectivity index (χ4n) is 2.90. The van der Waals surface area contributed by atoms with Gasteiger partial charge in [-0.05, 0) is 60.9 Å². The largest absolute Gasteiger partial charge is 0.436 e. The van der Waals surface area contributed by atoms with Gasteiger partial charge in [-0.1, -0.05) is 19.1 Å². The molecule has 6 heteroatoms. The first-order valence-corrected chi connectivity index (χ1v) is 8.86. The molecular formula is C22H21N3O3. The number of pyridine rings is 1. The number of nitrogens with zero attached hydrogens (tertiary/aromatic N) is 2. The number of carbonyl (C=O) groups excluding carboxylic acids is 1. The lowest BCUT2D eigenvalue weighted by Crippen LogP contribution is -2.13. The Labute approximate surface area is 162 Å². The standard InChI is InChI=1S/C22H19N3O2.H2O/c1-3-15-7-9-20-19(11-15)25-22(27-20)16-8-6-14(2)18(12-16)24-21(26)17-5-4-10-23-13-17;/h4-13H,3H2,1-2H3,(H,24,26);1H2. The average Bonchev–Trinajstić information content (AvgIpc) is 3.13. The van der Waals surface area contributed by atoms with E-state index in [-0.39, 0.29) is 11.4 Å². The highest BCUT2D eigenvalue weighted by molar-refractivity contribution is 6.04. The number of fused-ring (bicyclic) bond motifs is 1. The molecule has 6 nitrogen and oxygen atoms in total. The van der Waals surface area contributed by atoms with Crippen LogP contribution in [-0.2, 0) is 6.42 Å². The van der Waals surface area contributed by atoms with Gasteiger partial charge in [-0.2, -0.15) is 0 Å². The van der Waals surface area contributed by atoms with E-state index in [0.717, 1.165) is 34.3 Å². The summed E-state index contributed by atoms with van der Waals surface area (Å²) in [5.41, 5.74) is 5.82. The zero-order chi connectivity index (χ0) is 18.8. The molecular weight excluding hydrogens is 354 g/mol. The highest BCUT2D eigenvalue weighted by Gasteiger charge is 2.12. The minimum atomic E-state index is -0.200. The molecule has 28 heavy (non-hydrogen) atoms. The Balaban J connectivity index is 0.00000225. The molecule has 2 heterocycles. The van der Waals surface area contributed by atoms with E-state index in [0.29, 0.717) is 11.5 Å². The molecule has 0 aliphatic heterocycles. The maximum Gasteiger partial charge on any atom is 0.257 e. The Morgan fingerprint density at radius 3 is 2.75 bits per heavy atom. The summed E-state index contributed by atoms with van der Waals surface area (Å²) >= 11 is 0. The molecule has 4 aromatic rings. The van der Waals surface area contributed by atoms with Crippen LogP contribution < -0.4 is 5.32 Å². The van der Waals surface area contributed by atoms with Crippen molar-refractivity contribution in [3.05, 3.63) is 77.6 Å². The summed E-state index contributed by atoms with van der Waals surface area (Å²) in [5, 5.41) is 2.94. The summed E-state index contributed by atoms with van der Waals surface area (Å²) in [6.45, 7) is 4.06. The van der Waals surface area contributed by atoms with E-state index in [1.807, 2.05) is 43.3 Å². The van der Waals surface area contributed by atoms with Crippen molar-refractivity contribution in [1.82, 2.24) is 9.97 Å². The number of anilines is 1. The monoisotopic (exact) mass is 375 g/mol. The topological polar surface area (TPSA) is 99.5 Å². The highest BCUT2D eigenvalue weighted by Crippen LogP contribution is 2.28. The second-order valence-corrected chi connectivity index (χ2v) is 6.40. The molecule has 0 aliphatic carbocycles. The second-order valence-electron chi connectivity index (χ2n) is 6.40. The zero-order valence-corrected chi connectivity index (χ0v) is 15.7. The van der Waals surface area contributed by atoms with Crippen LogP contribution >= 0.6 is 0 Å². The van der Waals surface area contributed by atoms with E-state index in [1.54, 1.807) is 24.5 Å². The van der Waals surface area contributed by atoms with Crippen LogP contribution in [0.15, 0.2) is 65.3 Å². The van der Waals surface area contributed by atoms with Crippen molar-refractivity contribution in [3.8, 4) is 11.5 Å². The highest BCUT2D eigenvalue weighted by atomic mass is 16.3. The Morgan fingerprint density at radius 1 is 1.14 bits per heavy atom. The molecule has 0 bridgehead atoms. The van der Waals surface area contributed by atoms with Crippen molar-refractivity contribution in [3.63, 3.8) is 0 Å². The third kappa shape index (κ3) is 3.77. The smallest absolute Gasteiger partial charge is 0.257 e. The maximum atomic E-state index is 12.4. The van der Waals surface area contributed by atoms with Crippen molar-refractivity contribution < 1.29 is 14.7 Å². The van der Waals surface area contributed by atoms with Crippen molar-refractivity contribution in [2.75, 3.05) is 5.32 Å². The molecule has 0 saturated carbocycles. The van der Waals surface area contributed by atoms with Crippen molar-refractivity contribution in [1.29, 1.82) is 0 Å². The number of benzene rings is 2. The molecule has 0 aliphatic rings. The number of amides is 1. The van der Waals surface area contributed by atoms with Crippen molar-refractivity contribution >= 4 is 22.7 Å². The van der Waals surface area contributed by atoms with Gasteiger partial charge in [-0.25, -0.2) is 4.98 Å². The Bertz CT molecular complexity index is 1120. The number of carbonyl (C=O) groups is 1. The molecule has 3 N–H and O–H groups in total. The lowest BCUT2D eigenvalue weighted by Gasteiger charge is -2.09. The van der Waals surface area contributed by atoms with Crippen LogP contribution in [0.1, 0.15) is 28.4 Å².